The second-order valence-corrected chi connectivity index (χ2v) is 5.24. The highest BCUT2D eigenvalue weighted by molar-refractivity contribution is 9.10. The lowest BCUT2D eigenvalue weighted by Gasteiger charge is -2.13. The topological polar surface area (TPSA) is 74.1 Å². The summed E-state index contributed by atoms with van der Waals surface area (Å²) in [7, 11) is 3.41. The van der Waals surface area contributed by atoms with Gasteiger partial charge in [0, 0.05) is 25.8 Å². The van der Waals surface area contributed by atoms with E-state index < -0.39 is 0 Å². The van der Waals surface area contributed by atoms with Gasteiger partial charge in [-0.2, -0.15) is 4.80 Å². The van der Waals surface area contributed by atoms with Gasteiger partial charge in [0.15, 0.2) is 6.61 Å². The molecule has 0 aliphatic rings. The van der Waals surface area contributed by atoms with E-state index >= 15 is 0 Å². The van der Waals surface area contributed by atoms with Gasteiger partial charge in [-0.3, -0.25) is 0 Å². The van der Waals surface area contributed by atoms with E-state index in [0.717, 1.165) is 22.3 Å². The summed E-state index contributed by atoms with van der Waals surface area (Å²) in [6, 6.07) is 5.94. The van der Waals surface area contributed by atoms with Crippen molar-refractivity contribution in [2.45, 2.75) is 13.2 Å². The molecule has 114 valence electrons. The number of hydrogen-bond donors (Lipinski definition) is 1. The van der Waals surface area contributed by atoms with E-state index in [1.165, 1.54) is 4.80 Å². The molecule has 21 heavy (non-hydrogen) atoms. The van der Waals surface area contributed by atoms with Crippen LogP contribution in [0, 0.1) is 0 Å². The predicted molar refractivity (Wildman–Crippen MR) is 80.9 cm³/mol. The van der Waals surface area contributed by atoms with Crippen molar-refractivity contribution in [1.29, 1.82) is 0 Å². The Morgan fingerprint density at radius 1 is 1.38 bits per heavy atom. The van der Waals surface area contributed by atoms with Gasteiger partial charge in [-0.1, -0.05) is 12.1 Å². The van der Waals surface area contributed by atoms with Crippen LogP contribution in [0.3, 0.4) is 0 Å². The van der Waals surface area contributed by atoms with Gasteiger partial charge in [-0.05, 0) is 27.2 Å². The van der Waals surface area contributed by atoms with Crippen molar-refractivity contribution >= 4 is 15.9 Å². The summed E-state index contributed by atoms with van der Waals surface area (Å²) >= 11 is 3.51. The van der Waals surface area contributed by atoms with E-state index in [1.54, 1.807) is 14.2 Å². The van der Waals surface area contributed by atoms with E-state index in [9.17, 15) is 0 Å². The lowest BCUT2D eigenvalue weighted by Crippen LogP contribution is -2.19. The van der Waals surface area contributed by atoms with Crippen LogP contribution in [0.1, 0.15) is 11.4 Å². The molecule has 0 radical (unpaired) electrons. The highest BCUT2D eigenvalue weighted by Gasteiger charge is 2.10. The molecule has 1 aromatic heterocycles. The number of hydrogen-bond acceptors (Lipinski definition) is 6. The number of aryl methyl sites for hydroxylation is 1. The van der Waals surface area contributed by atoms with E-state index in [-0.39, 0.29) is 6.61 Å². The van der Waals surface area contributed by atoms with Crippen LogP contribution in [-0.2, 0) is 24.9 Å². The van der Waals surface area contributed by atoms with Gasteiger partial charge in [0.2, 0.25) is 5.82 Å². The molecule has 1 aromatic carbocycles. The average Bonchev–Trinajstić information content (AvgIpc) is 2.88. The number of nitrogens with zero attached hydrogens (tertiary/aromatic N) is 4. The summed E-state index contributed by atoms with van der Waals surface area (Å²) in [5, 5.41) is 15.1. The fourth-order valence-corrected chi connectivity index (χ4v) is 2.29. The molecule has 8 heteroatoms. The molecule has 0 fully saturated rings. The third kappa shape index (κ3) is 4.76. The largest absolute Gasteiger partial charge is 0.484 e. The molecule has 0 amide bonds. The van der Waals surface area contributed by atoms with Crippen molar-refractivity contribution in [3.05, 3.63) is 34.1 Å². The van der Waals surface area contributed by atoms with Crippen molar-refractivity contribution in [3.63, 3.8) is 0 Å². The van der Waals surface area contributed by atoms with Crippen molar-refractivity contribution in [2.75, 3.05) is 20.3 Å². The molecule has 0 saturated carbocycles. The van der Waals surface area contributed by atoms with Crippen LogP contribution in [0.5, 0.6) is 5.75 Å². The lowest BCUT2D eigenvalue weighted by molar-refractivity contribution is 0.199. The smallest absolute Gasteiger partial charge is 0.212 e. The maximum atomic E-state index is 5.83. The zero-order valence-corrected chi connectivity index (χ0v) is 13.6. The second-order valence-electron chi connectivity index (χ2n) is 4.38. The first kappa shape index (κ1) is 15.9. The molecular formula is C13H18BrN5O2. The molecule has 1 N–H and O–H groups in total. The van der Waals surface area contributed by atoms with Crippen LogP contribution in [0.2, 0.25) is 0 Å². The Morgan fingerprint density at radius 3 is 2.95 bits per heavy atom. The number of tetrazole rings is 1. The SMILES string of the molecule is COCCNCc1cccc(Br)c1OCc1nnn(C)n1. The average molecular weight is 356 g/mol. The molecule has 0 bridgehead atoms. The molecule has 1 heterocycles. The number of halogens is 1. The van der Waals surface area contributed by atoms with Crippen LogP contribution in [0.25, 0.3) is 0 Å². The molecule has 0 saturated heterocycles. The van der Waals surface area contributed by atoms with E-state index in [1.807, 2.05) is 18.2 Å². The fourth-order valence-electron chi connectivity index (χ4n) is 1.77. The minimum Gasteiger partial charge on any atom is -0.484 e. The Kier molecular flexibility index (Phi) is 6.09. The summed E-state index contributed by atoms with van der Waals surface area (Å²) in [5.41, 5.74) is 1.06. The Balaban J connectivity index is 1.99. The number of rotatable bonds is 8. The summed E-state index contributed by atoms with van der Waals surface area (Å²) in [4.78, 5) is 1.41. The normalized spacial score (nSPS) is 10.8. The van der Waals surface area contributed by atoms with Crippen molar-refractivity contribution < 1.29 is 9.47 Å². The van der Waals surface area contributed by atoms with Crippen LogP contribution in [0.4, 0.5) is 0 Å². The molecule has 0 spiro atoms. The Hall–Kier alpha value is -1.51. The first-order valence-corrected chi connectivity index (χ1v) is 7.32. The molecule has 2 aromatic rings. The van der Waals surface area contributed by atoms with Crippen molar-refractivity contribution in [3.8, 4) is 5.75 Å². The van der Waals surface area contributed by atoms with Crippen LogP contribution in [-0.4, -0.2) is 40.5 Å². The Labute approximate surface area is 131 Å². The van der Waals surface area contributed by atoms with Gasteiger partial charge in [0.05, 0.1) is 18.1 Å². The minimum atomic E-state index is 0.279. The lowest BCUT2D eigenvalue weighted by atomic mass is 10.2. The first-order valence-electron chi connectivity index (χ1n) is 6.53. The molecule has 7 nitrogen and oxygen atoms in total. The van der Waals surface area contributed by atoms with Gasteiger partial charge in [0.1, 0.15) is 5.75 Å². The van der Waals surface area contributed by atoms with E-state index in [0.29, 0.717) is 19.0 Å². The molecule has 0 atom stereocenters. The fraction of sp³-hybridized carbons (Fsp3) is 0.462. The van der Waals surface area contributed by atoms with Crippen molar-refractivity contribution in [2.24, 2.45) is 7.05 Å². The maximum Gasteiger partial charge on any atom is 0.212 e. The third-order valence-electron chi connectivity index (χ3n) is 2.74. The Morgan fingerprint density at radius 2 is 2.24 bits per heavy atom. The summed E-state index contributed by atoms with van der Waals surface area (Å²) in [5.74, 6) is 1.33. The summed E-state index contributed by atoms with van der Waals surface area (Å²) in [6.07, 6.45) is 0. The summed E-state index contributed by atoms with van der Waals surface area (Å²) < 4.78 is 11.7. The number of para-hydroxylation sites is 1. The van der Waals surface area contributed by atoms with Crippen LogP contribution < -0.4 is 10.1 Å². The quantitative estimate of drug-likeness (QED) is 0.719. The van der Waals surface area contributed by atoms with Crippen LogP contribution >= 0.6 is 15.9 Å². The summed E-state index contributed by atoms with van der Waals surface area (Å²) in [6.45, 7) is 2.44. The molecular weight excluding hydrogens is 338 g/mol. The van der Waals surface area contributed by atoms with Gasteiger partial charge in [-0.15, -0.1) is 10.2 Å². The second kappa shape index (κ2) is 8.06. The highest BCUT2D eigenvalue weighted by atomic mass is 79.9. The Bertz CT molecular complexity index is 575. The molecule has 0 unspecified atom stereocenters. The zero-order chi connectivity index (χ0) is 15.1. The van der Waals surface area contributed by atoms with Crippen LogP contribution in [0.15, 0.2) is 22.7 Å². The van der Waals surface area contributed by atoms with Gasteiger partial charge in [-0.25, -0.2) is 0 Å². The van der Waals surface area contributed by atoms with Crippen molar-refractivity contribution in [1.82, 2.24) is 25.5 Å². The minimum absolute atomic E-state index is 0.279. The highest BCUT2D eigenvalue weighted by Crippen LogP contribution is 2.29. The van der Waals surface area contributed by atoms with Gasteiger partial charge in [0.25, 0.3) is 0 Å². The number of aromatic nitrogens is 4. The number of nitrogens with one attached hydrogen (secondary N) is 1. The van der Waals surface area contributed by atoms with E-state index in [2.05, 4.69) is 36.7 Å². The third-order valence-corrected chi connectivity index (χ3v) is 3.37. The zero-order valence-electron chi connectivity index (χ0n) is 12.0. The number of ether oxygens (including phenoxy) is 2. The van der Waals surface area contributed by atoms with Gasteiger partial charge >= 0.3 is 0 Å². The number of methoxy groups -OCH3 is 1. The first-order chi connectivity index (χ1) is 10.2. The maximum absolute atomic E-state index is 5.83. The number of benzene rings is 1. The monoisotopic (exact) mass is 355 g/mol. The molecule has 2 rings (SSSR count). The molecule has 0 aliphatic heterocycles. The molecule has 0 aliphatic carbocycles. The van der Waals surface area contributed by atoms with E-state index in [4.69, 9.17) is 9.47 Å². The van der Waals surface area contributed by atoms with Gasteiger partial charge < -0.3 is 14.8 Å². The predicted octanol–water partition coefficient (Wildman–Crippen LogP) is 1.29. The standard InChI is InChI=1S/C13H18BrN5O2/c1-19-17-12(16-18-19)9-21-13-10(4-3-5-11(13)14)8-15-6-7-20-2/h3-5,15H,6-9H2,1-2H3.